The largest absolute Gasteiger partial charge is 0.464 e. The number of piperidine rings is 1. The number of carbonyl (C=O) groups is 1. The minimum Gasteiger partial charge on any atom is -0.464 e. The van der Waals surface area contributed by atoms with Gasteiger partial charge < -0.3 is 19.3 Å². The van der Waals surface area contributed by atoms with Crippen LogP contribution in [0.1, 0.15) is 26.3 Å². The third-order valence-corrected chi connectivity index (χ3v) is 6.65. The molecule has 0 bridgehead atoms. The van der Waals surface area contributed by atoms with Crippen LogP contribution in [0, 0.1) is 6.92 Å². The maximum absolute atomic E-state index is 13.2. The van der Waals surface area contributed by atoms with Crippen LogP contribution >= 0.6 is 0 Å². The highest BCUT2D eigenvalue weighted by Crippen LogP contribution is 2.38. The molecule has 0 spiro atoms. The van der Waals surface area contributed by atoms with Gasteiger partial charge in [0.15, 0.2) is 5.79 Å². The van der Waals surface area contributed by atoms with Gasteiger partial charge in [0, 0.05) is 13.5 Å². The Morgan fingerprint density at radius 2 is 1.85 bits per heavy atom. The first-order chi connectivity index (χ1) is 12.5. The highest BCUT2D eigenvalue weighted by molar-refractivity contribution is 7.89. The molecule has 0 amide bonds. The number of hydrogen-bond donors (Lipinski definition) is 1. The van der Waals surface area contributed by atoms with Crippen LogP contribution in [-0.2, 0) is 29.0 Å². The quantitative estimate of drug-likeness (QED) is 0.748. The van der Waals surface area contributed by atoms with E-state index in [-0.39, 0.29) is 18.0 Å². The van der Waals surface area contributed by atoms with E-state index in [1.54, 1.807) is 26.0 Å². The van der Waals surface area contributed by atoms with E-state index in [4.69, 9.17) is 14.2 Å². The van der Waals surface area contributed by atoms with Crippen LogP contribution in [-0.4, -0.2) is 67.1 Å². The molecule has 150 valence electrons. The topological polar surface area (TPSA) is 102 Å². The average molecular weight is 399 g/mol. The Morgan fingerprint density at radius 1 is 1.26 bits per heavy atom. The van der Waals surface area contributed by atoms with Crippen LogP contribution in [0.2, 0.25) is 0 Å². The summed E-state index contributed by atoms with van der Waals surface area (Å²) in [5.41, 5.74) is 0.929. The van der Waals surface area contributed by atoms with Crippen molar-refractivity contribution in [3.63, 3.8) is 0 Å². The first-order valence-electron chi connectivity index (χ1n) is 8.77. The maximum Gasteiger partial charge on any atom is 0.302 e. The molecule has 0 saturated carbocycles. The SMILES string of the molecule is CC(=O)OC[C@@H]1[C@H]2OC(C)(C)O[C@@H]2[C@H](O)CN1S(=O)(=O)c1ccc(C)cc1. The lowest BCUT2D eigenvalue weighted by Crippen LogP contribution is -2.63. The summed E-state index contributed by atoms with van der Waals surface area (Å²) >= 11 is 0. The summed E-state index contributed by atoms with van der Waals surface area (Å²) in [5, 5.41) is 10.5. The molecule has 2 aliphatic rings. The van der Waals surface area contributed by atoms with Crippen molar-refractivity contribution in [2.75, 3.05) is 13.2 Å². The molecule has 9 heteroatoms. The molecule has 0 aromatic heterocycles. The number of fused-ring (bicyclic) bond motifs is 1. The molecular formula is C18H25NO7S. The van der Waals surface area contributed by atoms with Crippen molar-refractivity contribution in [3.05, 3.63) is 29.8 Å². The van der Waals surface area contributed by atoms with Crippen molar-refractivity contribution in [3.8, 4) is 0 Å². The molecule has 0 unspecified atom stereocenters. The average Bonchev–Trinajstić information content (AvgIpc) is 2.90. The summed E-state index contributed by atoms with van der Waals surface area (Å²) in [6.07, 6.45) is -2.53. The molecule has 2 saturated heterocycles. The summed E-state index contributed by atoms with van der Waals surface area (Å²) in [6.45, 7) is 6.14. The van der Waals surface area contributed by atoms with Crippen molar-refractivity contribution >= 4 is 16.0 Å². The molecule has 8 nitrogen and oxygen atoms in total. The van der Waals surface area contributed by atoms with Gasteiger partial charge in [-0.3, -0.25) is 4.79 Å². The highest BCUT2D eigenvalue weighted by Gasteiger charge is 2.56. The van der Waals surface area contributed by atoms with Gasteiger partial charge in [0.2, 0.25) is 10.0 Å². The van der Waals surface area contributed by atoms with E-state index in [0.717, 1.165) is 9.87 Å². The summed E-state index contributed by atoms with van der Waals surface area (Å²) < 4.78 is 44.3. The number of β-amino-alcohol motifs (C(OH)–C–C–N with tert-alkyl or cyclic N) is 1. The molecule has 2 heterocycles. The lowest BCUT2D eigenvalue weighted by atomic mass is 9.96. The predicted molar refractivity (Wildman–Crippen MR) is 95.3 cm³/mol. The third-order valence-electron chi connectivity index (χ3n) is 4.74. The number of rotatable bonds is 4. The summed E-state index contributed by atoms with van der Waals surface area (Å²) in [4.78, 5) is 11.4. The maximum atomic E-state index is 13.2. The molecule has 2 fully saturated rings. The van der Waals surface area contributed by atoms with E-state index < -0.39 is 46.1 Å². The standard InChI is InChI=1S/C18H25NO7S/c1-11-5-7-13(8-6-11)27(22,23)19-9-15(21)17-16(25-18(3,4)26-17)14(19)10-24-12(2)20/h5-8,14-17,21H,9-10H2,1-4H3/t14-,15-,16-,17-/m1/s1. The van der Waals surface area contributed by atoms with Gasteiger partial charge >= 0.3 is 5.97 Å². The van der Waals surface area contributed by atoms with Gasteiger partial charge in [-0.15, -0.1) is 0 Å². The summed E-state index contributed by atoms with van der Waals surface area (Å²) in [6, 6.07) is 5.63. The smallest absolute Gasteiger partial charge is 0.302 e. The van der Waals surface area contributed by atoms with E-state index in [9.17, 15) is 18.3 Å². The number of nitrogens with zero attached hydrogens (tertiary/aromatic N) is 1. The number of aliphatic hydroxyl groups excluding tert-OH is 1. The number of ether oxygens (including phenoxy) is 3. The number of esters is 1. The van der Waals surface area contributed by atoms with Gasteiger partial charge in [0.25, 0.3) is 0 Å². The van der Waals surface area contributed by atoms with E-state index in [1.807, 2.05) is 6.92 Å². The fraction of sp³-hybridized carbons (Fsp3) is 0.611. The summed E-state index contributed by atoms with van der Waals surface area (Å²) in [5.74, 6) is -1.50. The van der Waals surface area contributed by atoms with Crippen molar-refractivity contribution < 1.29 is 32.5 Å². The number of sulfonamides is 1. The fourth-order valence-electron chi connectivity index (χ4n) is 3.50. The minimum absolute atomic E-state index is 0.102. The molecule has 2 aliphatic heterocycles. The van der Waals surface area contributed by atoms with Crippen molar-refractivity contribution in [1.29, 1.82) is 0 Å². The van der Waals surface area contributed by atoms with Crippen LogP contribution in [0.4, 0.5) is 0 Å². The highest BCUT2D eigenvalue weighted by atomic mass is 32.2. The minimum atomic E-state index is -3.94. The van der Waals surface area contributed by atoms with E-state index in [0.29, 0.717) is 0 Å². The molecule has 27 heavy (non-hydrogen) atoms. The van der Waals surface area contributed by atoms with Gasteiger partial charge in [-0.25, -0.2) is 8.42 Å². The molecule has 1 aromatic carbocycles. The monoisotopic (exact) mass is 399 g/mol. The first-order valence-corrected chi connectivity index (χ1v) is 10.2. The van der Waals surface area contributed by atoms with Crippen LogP contribution in [0.25, 0.3) is 0 Å². The number of carbonyl (C=O) groups excluding carboxylic acids is 1. The Bertz CT molecular complexity index is 806. The lowest BCUT2D eigenvalue weighted by molar-refractivity contribution is -0.154. The molecular weight excluding hydrogens is 374 g/mol. The zero-order chi connectivity index (χ0) is 20.0. The molecule has 4 atom stereocenters. The molecule has 0 radical (unpaired) electrons. The number of aliphatic hydroxyl groups is 1. The second-order valence-electron chi connectivity index (χ2n) is 7.39. The number of aryl methyl sites for hydroxylation is 1. The summed E-state index contributed by atoms with van der Waals surface area (Å²) in [7, 11) is -3.94. The van der Waals surface area contributed by atoms with E-state index in [1.165, 1.54) is 19.1 Å². The predicted octanol–water partition coefficient (Wildman–Crippen LogP) is 0.812. The Labute approximate surface area is 159 Å². The van der Waals surface area contributed by atoms with Gasteiger partial charge in [-0.2, -0.15) is 4.31 Å². The van der Waals surface area contributed by atoms with Crippen LogP contribution in [0.5, 0.6) is 0 Å². The van der Waals surface area contributed by atoms with Gasteiger partial charge in [0.05, 0.1) is 17.0 Å². The van der Waals surface area contributed by atoms with E-state index in [2.05, 4.69) is 0 Å². The fourth-order valence-corrected chi connectivity index (χ4v) is 5.14. The lowest BCUT2D eigenvalue weighted by Gasteiger charge is -2.41. The number of benzene rings is 1. The van der Waals surface area contributed by atoms with E-state index >= 15 is 0 Å². The Hall–Kier alpha value is -1.52. The third kappa shape index (κ3) is 4.02. The van der Waals surface area contributed by atoms with Crippen LogP contribution < -0.4 is 0 Å². The van der Waals surface area contributed by atoms with Crippen molar-refractivity contribution in [2.24, 2.45) is 0 Å². The first kappa shape index (κ1) is 20.2. The number of hydrogen-bond acceptors (Lipinski definition) is 7. The van der Waals surface area contributed by atoms with Gasteiger partial charge in [0.1, 0.15) is 18.8 Å². The Morgan fingerprint density at radius 3 is 2.44 bits per heavy atom. The van der Waals surface area contributed by atoms with Crippen molar-refractivity contribution in [2.45, 2.75) is 62.7 Å². The zero-order valence-electron chi connectivity index (χ0n) is 15.8. The zero-order valence-corrected chi connectivity index (χ0v) is 16.6. The van der Waals surface area contributed by atoms with Crippen molar-refractivity contribution in [1.82, 2.24) is 4.31 Å². The Balaban J connectivity index is 1.98. The Kier molecular flexibility index (Phi) is 5.35. The van der Waals surface area contributed by atoms with Crippen LogP contribution in [0.3, 0.4) is 0 Å². The second-order valence-corrected chi connectivity index (χ2v) is 9.28. The molecule has 1 N–H and O–H groups in total. The van der Waals surface area contributed by atoms with Gasteiger partial charge in [-0.1, -0.05) is 17.7 Å². The molecule has 0 aliphatic carbocycles. The normalized spacial score (nSPS) is 30.7. The molecule has 1 aromatic rings. The second kappa shape index (κ2) is 7.14. The van der Waals surface area contributed by atoms with Crippen LogP contribution in [0.15, 0.2) is 29.2 Å². The van der Waals surface area contributed by atoms with Gasteiger partial charge in [-0.05, 0) is 32.9 Å². The molecule has 3 rings (SSSR count).